The van der Waals surface area contributed by atoms with Gasteiger partial charge in [-0.3, -0.25) is 14.4 Å². The number of aromatic amines is 1. The summed E-state index contributed by atoms with van der Waals surface area (Å²) < 4.78 is 0. The van der Waals surface area contributed by atoms with Crippen LogP contribution in [0.1, 0.15) is 67.4 Å². The Hall–Kier alpha value is -4.94. The molecule has 3 aromatic carbocycles. The number of nitrogens with two attached hydrogens (primary N) is 1. The van der Waals surface area contributed by atoms with Crippen LogP contribution in [0.25, 0.3) is 22.5 Å². The van der Waals surface area contributed by atoms with Crippen molar-refractivity contribution < 1.29 is 14.4 Å². The van der Waals surface area contributed by atoms with Crippen molar-refractivity contribution in [2.45, 2.75) is 65.3 Å². The molecule has 270 valence electrons. The fraction of sp³-hybridized carbons (Fsp3) is 0.436. The lowest BCUT2D eigenvalue weighted by molar-refractivity contribution is -0.130. The number of hydrogen-bond acceptors (Lipinski definition) is 8. The molecule has 5 rings (SSSR count). The second kappa shape index (κ2) is 18.3. The van der Waals surface area contributed by atoms with Crippen molar-refractivity contribution in [3.8, 4) is 22.5 Å². The lowest BCUT2D eigenvalue weighted by Crippen LogP contribution is -2.48. The van der Waals surface area contributed by atoms with Gasteiger partial charge in [-0.15, -0.1) is 10.2 Å². The van der Waals surface area contributed by atoms with Crippen LogP contribution in [0.3, 0.4) is 0 Å². The number of H-pyrrole nitrogens is 1. The van der Waals surface area contributed by atoms with Crippen LogP contribution in [0, 0.1) is 18.8 Å². The number of aromatic nitrogens is 4. The van der Waals surface area contributed by atoms with Crippen molar-refractivity contribution in [1.82, 2.24) is 36.2 Å². The molecule has 3 amide bonds. The van der Waals surface area contributed by atoms with Gasteiger partial charge in [-0.1, -0.05) is 44.2 Å². The molecule has 6 N–H and O–H groups in total. The van der Waals surface area contributed by atoms with Gasteiger partial charge in [-0.2, -0.15) is 5.21 Å². The molecule has 1 fully saturated rings. The van der Waals surface area contributed by atoms with Crippen LogP contribution < -0.4 is 21.7 Å². The number of hydrogen-bond donors (Lipinski definition) is 5. The quantitative estimate of drug-likeness (QED) is 0.105. The Labute approximate surface area is 300 Å². The average Bonchev–Trinajstić information content (AvgIpc) is 3.71. The zero-order valence-corrected chi connectivity index (χ0v) is 30.0. The Morgan fingerprint density at radius 1 is 0.941 bits per heavy atom. The average molecular weight is 694 g/mol. The molecular formula is C39H51N9O3. The molecule has 0 bridgehead atoms. The van der Waals surface area contributed by atoms with Crippen molar-refractivity contribution >= 4 is 23.4 Å². The van der Waals surface area contributed by atoms with Gasteiger partial charge in [0.05, 0.1) is 0 Å². The van der Waals surface area contributed by atoms with Crippen LogP contribution >= 0.6 is 0 Å². The van der Waals surface area contributed by atoms with Gasteiger partial charge in [-0.05, 0) is 135 Å². The summed E-state index contributed by atoms with van der Waals surface area (Å²) in [5.41, 5.74) is 11.7. The Kier molecular flexibility index (Phi) is 13.4. The molecule has 51 heavy (non-hydrogen) atoms. The Morgan fingerprint density at radius 3 is 2.29 bits per heavy atom. The molecular weight excluding hydrogens is 642 g/mol. The molecule has 12 heteroatoms. The molecule has 1 aliphatic carbocycles. The van der Waals surface area contributed by atoms with E-state index in [1.54, 1.807) is 24.3 Å². The number of carbonyl (C=O) groups excluding carboxylic acids is 3. The van der Waals surface area contributed by atoms with Gasteiger partial charge in [0.2, 0.25) is 17.6 Å². The highest BCUT2D eigenvalue weighted by Crippen LogP contribution is 2.29. The third kappa shape index (κ3) is 10.3. The van der Waals surface area contributed by atoms with Crippen molar-refractivity contribution in [3.05, 3.63) is 83.4 Å². The molecule has 1 heterocycles. The predicted octanol–water partition coefficient (Wildman–Crippen LogP) is 4.73. The second-order valence-corrected chi connectivity index (χ2v) is 13.4. The van der Waals surface area contributed by atoms with Gasteiger partial charge >= 0.3 is 0 Å². The monoisotopic (exact) mass is 693 g/mol. The first-order chi connectivity index (χ1) is 24.8. The summed E-state index contributed by atoms with van der Waals surface area (Å²) in [7, 11) is 0. The molecule has 12 nitrogen and oxygen atoms in total. The Morgan fingerprint density at radius 2 is 1.65 bits per heavy atom. The first kappa shape index (κ1) is 37.3. The summed E-state index contributed by atoms with van der Waals surface area (Å²) in [5.74, 6) is 0.267. The summed E-state index contributed by atoms with van der Waals surface area (Å²) in [4.78, 5) is 42.5. The van der Waals surface area contributed by atoms with E-state index in [2.05, 4.69) is 55.3 Å². The van der Waals surface area contributed by atoms with E-state index < -0.39 is 6.04 Å². The number of carbonyl (C=O) groups is 3. The third-order valence-corrected chi connectivity index (χ3v) is 9.98. The standard InChI is InChI=1S/C39H51N9O3/c1-4-48(5-2)22-6-21-41-37(49)32-12-7-26(3)34(24-32)29-13-8-27(9-14-29)23-35(43-38(50)31-15-10-28(25-40)11-16-31)39(51)42-33-19-17-30(18-20-33)36-44-46-47-45-36/h7-9,12-14,17-20,24,28,31,35H,4-6,10-11,15-16,21-23,25,40H2,1-3H3,(H,41,49)(H,42,51)(H,43,50)(H,44,45,46,47)/t28?,31?,35-/m0/s1. The van der Waals surface area contributed by atoms with Crippen LogP contribution in [0.2, 0.25) is 0 Å². The number of nitrogens with one attached hydrogen (secondary N) is 4. The van der Waals surface area contributed by atoms with Gasteiger partial charge in [0, 0.05) is 35.7 Å². The van der Waals surface area contributed by atoms with Crippen LogP contribution in [-0.2, 0) is 16.0 Å². The van der Waals surface area contributed by atoms with E-state index in [1.807, 2.05) is 49.4 Å². The van der Waals surface area contributed by atoms with Crippen LogP contribution in [-0.4, -0.2) is 82.0 Å². The highest BCUT2D eigenvalue weighted by molar-refractivity contribution is 5.98. The fourth-order valence-corrected chi connectivity index (χ4v) is 6.65. The van der Waals surface area contributed by atoms with Crippen molar-refractivity contribution in [2.75, 3.05) is 38.0 Å². The van der Waals surface area contributed by atoms with Crippen molar-refractivity contribution in [1.29, 1.82) is 0 Å². The first-order valence-corrected chi connectivity index (χ1v) is 18.1. The fourth-order valence-electron chi connectivity index (χ4n) is 6.65. The largest absolute Gasteiger partial charge is 0.352 e. The number of nitrogens with zero attached hydrogens (tertiary/aromatic N) is 4. The second-order valence-electron chi connectivity index (χ2n) is 13.4. The van der Waals surface area contributed by atoms with Gasteiger partial charge in [0.25, 0.3) is 5.91 Å². The Bertz CT molecular complexity index is 1710. The van der Waals surface area contributed by atoms with E-state index in [9.17, 15) is 14.4 Å². The third-order valence-electron chi connectivity index (χ3n) is 9.98. The lowest BCUT2D eigenvalue weighted by atomic mass is 9.81. The minimum Gasteiger partial charge on any atom is -0.352 e. The van der Waals surface area contributed by atoms with Crippen LogP contribution in [0.5, 0.6) is 0 Å². The number of rotatable bonds is 16. The SMILES string of the molecule is CCN(CC)CCCNC(=O)c1ccc(C)c(-c2ccc(C[C@H](NC(=O)C3CCC(CN)CC3)C(=O)Nc3ccc(-c4nn[nH]n4)cc3)cc2)c1. The molecule has 0 radical (unpaired) electrons. The molecule has 1 atom stereocenters. The topological polar surface area (TPSA) is 171 Å². The van der Waals surface area contributed by atoms with Crippen molar-refractivity contribution in [3.63, 3.8) is 0 Å². The van der Waals surface area contributed by atoms with Crippen LogP contribution in [0.15, 0.2) is 66.7 Å². The van der Waals surface area contributed by atoms with E-state index in [0.29, 0.717) is 42.5 Å². The van der Waals surface area contributed by atoms with Crippen molar-refractivity contribution in [2.24, 2.45) is 17.6 Å². The molecule has 1 saturated carbocycles. The predicted molar refractivity (Wildman–Crippen MR) is 200 cm³/mol. The summed E-state index contributed by atoms with van der Waals surface area (Å²) in [6.45, 7) is 10.5. The Balaban J connectivity index is 1.27. The molecule has 0 spiro atoms. The van der Waals surface area contributed by atoms with Gasteiger partial charge < -0.3 is 26.6 Å². The minimum atomic E-state index is -0.789. The zero-order valence-electron chi connectivity index (χ0n) is 30.0. The number of benzene rings is 3. The summed E-state index contributed by atoms with van der Waals surface area (Å²) in [6, 6.07) is 20.1. The maximum Gasteiger partial charge on any atom is 0.251 e. The van der Waals surface area contributed by atoms with E-state index in [0.717, 1.165) is 79.6 Å². The molecule has 0 saturated heterocycles. The number of anilines is 1. The summed E-state index contributed by atoms with van der Waals surface area (Å²) in [6.07, 6.45) is 4.57. The summed E-state index contributed by atoms with van der Waals surface area (Å²) >= 11 is 0. The van der Waals surface area contributed by atoms with E-state index in [4.69, 9.17) is 5.73 Å². The first-order valence-electron chi connectivity index (χ1n) is 18.1. The number of aryl methyl sites for hydroxylation is 1. The van der Waals surface area contributed by atoms with Gasteiger partial charge in [-0.25, -0.2) is 0 Å². The van der Waals surface area contributed by atoms with E-state index in [1.165, 1.54) is 0 Å². The normalized spacial score (nSPS) is 16.4. The maximum absolute atomic E-state index is 13.7. The number of amides is 3. The number of tetrazole rings is 1. The molecule has 4 aromatic rings. The molecule has 1 aliphatic rings. The molecule has 1 aromatic heterocycles. The maximum atomic E-state index is 13.7. The highest BCUT2D eigenvalue weighted by Gasteiger charge is 2.29. The molecule has 0 unspecified atom stereocenters. The lowest BCUT2D eigenvalue weighted by Gasteiger charge is -2.28. The minimum absolute atomic E-state index is 0.0852. The van der Waals surface area contributed by atoms with Crippen LogP contribution in [0.4, 0.5) is 5.69 Å². The summed E-state index contributed by atoms with van der Waals surface area (Å²) in [5, 5.41) is 23.1. The van der Waals surface area contributed by atoms with Gasteiger partial charge in [0.15, 0.2) is 0 Å². The van der Waals surface area contributed by atoms with Gasteiger partial charge in [0.1, 0.15) is 6.04 Å². The smallest absolute Gasteiger partial charge is 0.251 e. The molecule has 0 aliphatic heterocycles. The van der Waals surface area contributed by atoms with E-state index in [-0.39, 0.29) is 23.6 Å². The highest BCUT2D eigenvalue weighted by atomic mass is 16.2. The van der Waals surface area contributed by atoms with E-state index >= 15 is 0 Å². The zero-order chi connectivity index (χ0) is 36.2.